The summed E-state index contributed by atoms with van der Waals surface area (Å²) in [5.41, 5.74) is -0.142. The van der Waals surface area contributed by atoms with Crippen molar-refractivity contribution in [2.75, 3.05) is 0 Å². The summed E-state index contributed by atoms with van der Waals surface area (Å²) in [4.78, 5) is 0. The summed E-state index contributed by atoms with van der Waals surface area (Å²) < 4.78 is 39.6. The number of hydrogen-bond acceptors (Lipinski definition) is 0. The zero-order valence-electron chi connectivity index (χ0n) is 12.5. The Morgan fingerprint density at radius 2 is 1.18 bits per heavy atom. The van der Waals surface area contributed by atoms with Crippen molar-refractivity contribution in [2.45, 2.75) is 25.2 Å². The Bertz CT molecular complexity index is 629. The molecule has 2 rings (SSSR count). The van der Waals surface area contributed by atoms with E-state index in [9.17, 15) is 13.2 Å². The van der Waals surface area contributed by atoms with Crippen LogP contribution in [0, 0.1) is 5.41 Å². The molecule has 0 amide bonds. The molecule has 0 aliphatic heterocycles. The Kier molecular flexibility index (Phi) is 4.20. The molecule has 5 heteroatoms. The second kappa shape index (κ2) is 5.53. The van der Waals surface area contributed by atoms with Gasteiger partial charge in [-0.3, -0.25) is 0 Å². The first-order valence-corrected chi connectivity index (χ1v) is 6.88. The normalized spacial score (nSPS) is 13.1. The predicted octanol–water partition coefficient (Wildman–Crippen LogP) is 4.43. The van der Waals surface area contributed by atoms with E-state index in [0.29, 0.717) is 0 Å². The molecule has 0 aliphatic carbocycles. The van der Waals surface area contributed by atoms with Crippen LogP contribution in [0.15, 0.2) is 54.6 Å². The van der Waals surface area contributed by atoms with Crippen molar-refractivity contribution in [2.24, 2.45) is 5.41 Å². The fourth-order valence-electron chi connectivity index (χ4n) is 2.16. The first kappa shape index (κ1) is 16.7. The van der Waals surface area contributed by atoms with E-state index in [1.165, 1.54) is 0 Å². The topological polar surface area (TPSA) is 0 Å². The second-order valence-corrected chi connectivity index (χ2v) is 5.94. The van der Waals surface area contributed by atoms with E-state index in [1.54, 1.807) is 24.3 Å². The second-order valence-electron chi connectivity index (χ2n) is 5.94. The summed E-state index contributed by atoms with van der Waals surface area (Å²) in [6.45, 7) is 2.02. The molecule has 0 aliphatic rings. The molecular formula is C17H15B2F3. The highest BCUT2D eigenvalue weighted by Gasteiger charge is 2.55. The van der Waals surface area contributed by atoms with Crippen LogP contribution >= 0.6 is 0 Å². The van der Waals surface area contributed by atoms with Gasteiger partial charge >= 0.3 is 6.18 Å². The Balaban J connectivity index is 2.38. The lowest BCUT2D eigenvalue weighted by atomic mass is 9.40. The van der Waals surface area contributed by atoms with Crippen LogP contribution < -0.4 is 0 Å². The van der Waals surface area contributed by atoms with E-state index in [1.807, 2.05) is 30.3 Å². The van der Waals surface area contributed by atoms with Gasteiger partial charge in [-0.1, -0.05) is 79.2 Å². The molecule has 22 heavy (non-hydrogen) atoms. The fourth-order valence-corrected chi connectivity index (χ4v) is 2.16. The SMILES string of the molecule is [B]C([B])(c1ccc(-c2ccccc2)cc1)C(C)(C)C(F)(F)F. The molecule has 2 aromatic rings. The quantitative estimate of drug-likeness (QED) is 0.735. The molecular weight excluding hydrogens is 283 g/mol. The Morgan fingerprint density at radius 3 is 1.64 bits per heavy atom. The van der Waals surface area contributed by atoms with E-state index in [0.717, 1.165) is 25.0 Å². The maximum absolute atomic E-state index is 13.2. The van der Waals surface area contributed by atoms with Gasteiger partial charge in [-0.05, 0) is 11.1 Å². The standard InChI is InChI=1S/C17H15B2F3/c1-15(2,17(20,21)22)16(18,19)14-10-8-13(9-11-14)12-6-4-3-5-7-12/h3-11H,1-2H3. The van der Waals surface area contributed by atoms with Crippen LogP contribution in [-0.2, 0) is 5.21 Å². The molecule has 0 unspecified atom stereocenters. The summed E-state index contributed by atoms with van der Waals surface area (Å²) in [6, 6.07) is 16.1. The summed E-state index contributed by atoms with van der Waals surface area (Å²) >= 11 is 0. The minimum atomic E-state index is -4.51. The van der Waals surface area contributed by atoms with Crippen molar-refractivity contribution < 1.29 is 13.2 Å². The predicted molar refractivity (Wildman–Crippen MR) is 84.9 cm³/mol. The minimum Gasteiger partial charge on any atom is -0.171 e. The average Bonchev–Trinajstić information content (AvgIpc) is 2.47. The monoisotopic (exact) mass is 298 g/mol. The van der Waals surface area contributed by atoms with Crippen molar-refractivity contribution in [3.8, 4) is 11.1 Å². The van der Waals surface area contributed by atoms with Crippen LogP contribution in [0.2, 0.25) is 0 Å². The third-order valence-corrected chi connectivity index (χ3v) is 4.21. The van der Waals surface area contributed by atoms with Gasteiger partial charge in [0.15, 0.2) is 0 Å². The Labute approximate surface area is 131 Å². The molecule has 0 N–H and O–H groups in total. The number of benzene rings is 2. The van der Waals surface area contributed by atoms with Crippen molar-refractivity contribution in [3.63, 3.8) is 0 Å². The lowest BCUT2D eigenvalue weighted by Gasteiger charge is -2.44. The van der Waals surface area contributed by atoms with Gasteiger partial charge < -0.3 is 0 Å². The Morgan fingerprint density at radius 1 is 0.727 bits per heavy atom. The van der Waals surface area contributed by atoms with Gasteiger partial charge in [0.25, 0.3) is 0 Å². The zero-order valence-corrected chi connectivity index (χ0v) is 12.5. The first-order valence-electron chi connectivity index (χ1n) is 6.88. The van der Waals surface area contributed by atoms with Crippen molar-refractivity contribution in [1.29, 1.82) is 0 Å². The van der Waals surface area contributed by atoms with Crippen LogP contribution in [-0.4, -0.2) is 21.9 Å². The highest BCUT2D eigenvalue weighted by molar-refractivity contribution is 6.40. The molecule has 110 valence electrons. The Hall–Kier alpha value is -1.64. The van der Waals surface area contributed by atoms with Crippen LogP contribution in [0.3, 0.4) is 0 Å². The maximum Gasteiger partial charge on any atom is 0.393 e. The van der Waals surface area contributed by atoms with E-state index in [2.05, 4.69) is 0 Å². The van der Waals surface area contributed by atoms with E-state index < -0.39 is 16.8 Å². The minimum absolute atomic E-state index is 0.245. The molecule has 0 spiro atoms. The van der Waals surface area contributed by atoms with E-state index in [4.69, 9.17) is 15.7 Å². The molecule has 0 bridgehead atoms. The maximum atomic E-state index is 13.2. The van der Waals surface area contributed by atoms with E-state index >= 15 is 0 Å². The lowest BCUT2D eigenvalue weighted by molar-refractivity contribution is -0.217. The smallest absolute Gasteiger partial charge is 0.171 e. The zero-order chi connectivity index (χ0) is 16.6. The summed E-state index contributed by atoms with van der Waals surface area (Å²) in [7, 11) is 11.7. The van der Waals surface area contributed by atoms with Gasteiger partial charge in [0, 0.05) is 0 Å². The number of hydrogen-bond donors (Lipinski definition) is 0. The molecule has 2 aromatic carbocycles. The summed E-state index contributed by atoms with van der Waals surface area (Å²) in [6.07, 6.45) is -4.51. The molecule has 0 saturated carbocycles. The van der Waals surface area contributed by atoms with Crippen LogP contribution in [0.1, 0.15) is 19.4 Å². The van der Waals surface area contributed by atoms with Gasteiger partial charge in [-0.15, -0.1) is 0 Å². The van der Waals surface area contributed by atoms with Crippen LogP contribution in [0.5, 0.6) is 0 Å². The molecule has 0 nitrogen and oxygen atoms in total. The molecule has 0 aromatic heterocycles. The highest BCUT2D eigenvalue weighted by atomic mass is 19.4. The molecule has 0 atom stereocenters. The van der Waals surface area contributed by atoms with Crippen molar-refractivity contribution >= 4 is 15.7 Å². The van der Waals surface area contributed by atoms with Gasteiger partial charge in [0.2, 0.25) is 0 Å². The fraction of sp³-hybridized carbons (Fsp3) is 0.294. The number of halogens is 3. The molecule has 0 fully saturated rings. The third kappa shape index (κ3) is 2.81. The van der Waals surface area contributed by atoms with Gasteiger partial charge in [-0.25, -0.2) is 0 Å². The van der Waals surface area contributed by atoms with Crippen molar-refractivity contribution in [3.05, 3.63) is 60.2 Å². The summed E-state index contributed by atoms with van der Waals surface area (Å²) in [5, 5.41) is -2.01. The lowest BCUT2D eigenvalue weighted by Crippen LogP contribution is -2.52. The first-order chi connectivity index (χ1) is 10.1. The van der Waals surface area contributed by atoms with Gasteiger partial charge in [0.1, 0.15) is 0 Å². The van der Waals surface area contributed by atoms with Crippen LogP contribution in [0.25, 0.3) is 11.1 Å². The van der Waals surface area contributed by atoms with E-state index in [-0.39, 0.29) is 5.56 Å². The van der Waals surface area contributed by atoms with Gasteiger partial charge in [-0.2, -0.15) is 13.2 Å². The number of alkyl halides is 3. The molecule has 0 heterocycles. The highest BCUT2D eigenvalue weighted by Crippen LogP contribution is 2.48. The average molecular weight is 298 g/mol. The van der Waals surface area contributed by atoms with Crippen molar-refractivity contribution in [1.82, 2.24) is 0 Å². The molecule has 0 saturated heterocycles. The third-order valence-electron chi connectivity index (χ3n) is 4.21. The summed E-state index contributed by atoms with van der Waals surface area (Å²) in [5.74, 6) is 0. The van der Waals surface area contributed by atoms with Gasteiger partial charge in [0.05, 0.1) is 21.1 Å². The van der Waals surface area contributed by atoms with Crippen LogP contribution in [0.4, 0.5) is 13.2 Å². The number of rotatable bonds is 3. The largest absolute Gasteiger partial charge is 0.393 e. The molecule has 4 radical (unpaired) electrons.